The molecular weight excluding hydrogens is 370 g/mol. The molecule has 4 rings (SSSR count). The van der Waals surface area contributed by atoms with Gasteiger partial charge < -0.3 is 4.90 Å². The van der Waals surface area contributed by atoms with Gasteiger partial charge in [0, 0.05) is 14.1 Å². The van der Waals surface area contributed by atoms with Gasteiger partial charge in [0.05, 0.1) is 17.3 Å². The van der Waals surface area contributed by atoms with Crippen molar-refractivity contribution in [2.45, 2.75) is 10.3 Å². The third-order valence-corrected chi connectivity index (χ3v) is 5.58. The Morgan fingerprint density at radius 1 is 1.00 bits per heavy atom. The lowest BCUT2D eigenvalue weighted by Gasteiger charge is -2.20. The third-order valence-electron chi connectivity index (χ3n) is 4.33. The summed E-state index contributed by atoms with van der Waals surface area (Å²) in [5.74, 6) is 0.0124. The minimum atomic E-state index is -0.394. The number of thioether (sulfide) groups is 1. The third kappa shape index (κ3) is 3.48. The number of benzene rings is 2. The zero-order valence-corrected chi connectivity index (χ0v) is 16.4. The Balaban J connectivity index is 1.76. The summed E-state index contributed by atoms with van der Waals surface area (Å²) in [5, 5.41) is 5.65. The van der Waals surface area contributed by atoms with E-state index in [1.165, 1.54) is 18.1 Å². The summed E-state index contributed by atoms with van der Waals surface area (Å²) in [6.45, 7) is 0. The molecule has 0 unspecified atom stereocenters. The first-order chi connectivity index (χ1) is 13.6. The Morgan fingerprint density at radius 2 is 1.68 bits per heavy atom. The zero-order chi connectivity index (χ0) is 19.5. The van der Waals surface area contributed by atoms with Gasteiger partial charge in [-0.2, -0.15) is 5.10 Å². The van der Waals surface area contributed by atoms with Crippen molar-refractivity contribution in [1.29, 1.82) is 0 Å². The number of hydrogen-bond donors (Lipinski definition) is 0. The summed E-state index contributed by atoms with van der Waals surface area (Å²) >= 11 is 1.42. The highest BCUT2D eigenvalue weighted by Crippen LogP contribution is 2.38. The molecule has 4 aromatic rings. The van der Waals surface area contributed by atoms with Crippen LogP contribution in [0.15, 0.2) is 78.2 Å². The maximum atomic E-state index is 12.9. The van der Waals surface area contributed by atoms with Gasteiger partial charge in [-0.3, -0.25) is 4.79 Å². The summed E-state index contributed by atoms with van der Waals surface area (Å²) in [4.78, 5) is 23.3. The van der Waals surface area contributed by atoms with Crippen molar-refractivity contribution in [2.24, 2.45) is 0 Å². The van der Waals surface area contributed by atoms with E-state index in [-0.39, 0.29) is 5.91 Å². The van der Waals surface area contributed by atoms with Gasteiger partial charge in [-0.05, 0) is 17.7 Å². The Hall–Kier alpha value is -3.19. The number of para-hydroxylation sites is 1. The molecule has 0 N–H and O–H groups in total. The molecule has 140 valence electrons. The fraction of sp³-hybridized carbons (Fsp3) is 0.143. The van der Waals surface area contributed by atoms with E-state index in [9.17, 15) is 4.79 Å². The van der Waals surface area contributed by atoms with Crippen LogP contribution in [0.2, 0.25) is 0 Å². The SMILES string of the molecule is CN(C)C(=O)[C@@H](Sc1ncnc2c1cnn2-c1ccccc1)c1ccccc1. The molecule has 0 aliphatic heterocycles. The standard InChI is InChI=1S/C21H19N5OS/c1-25(2)21(27)18(15-9-5-3-6-10-15)28-20-17-13-24-26(19(17)22-14-23-20)16-11-7-4-8-12-16/h3-14,18H,1-2H3/t18-/m0/s1. The van der Waals surface area contributed by atoms with E-state index in [1.54, 1.807) is 29.9 Å². The predicted octanol–water partition coefficient (Wildman–Crippen LogP) is 3.74. The monoisotopic (exact) mass is 389 g/mol. The van der Waals surface area contributed by atoms with Crippen molar-refractivity contribution in [1.82, 2.24) is 24.6 Å². The van der Waals surface area contributed by atoms with Gasteiger partial charge in [0.1, 0.15) is 16.6 Å². The fourth-order valence-electron chi connectivity index (χ4n) is 2.91. The van der Waals surface area contributed by atoms with Crippen LogP contribution >= 0.6 is 11.8 Å². The number of carbonyl (C=O) groups is 1. The topological polar surface area (TPSA) is 63.9 Å². The van der Waals surface area contributed by atoms with Crippen LogP contribution in [0.1, 0.15) is 10.8 Å². The molecule has 1 amide bonds. The first-order valence-corrected chi connectivity index (χ1v) is 9.70. The summed E-state index contributed by atoms with van der Waals surface area (Å²) < 4.78 is 1.78. The number of rotatable bonds is 5. The summed E-state index contributed by atoms with van der Waals surface area (Å²) in [6.07, 6.45) is 3.28. The maximum absolute atomic E-state index is 12.9. The Kier molecular flexibility index (Phi) is 5.08. The van der Waals surface area contributed by atoms with Crippen LogP contribution in [0.25, 0.3) is 16.7 Å². The second-order valence-corrected chi connectivity index (χ2v) is 7.54. The molecule has 0 spiro atoms. The maximum Gasteiger partial charge on any atom is 0.240 e. The highest BCUT2D eigenvalue weighted by atomic mass is 32.2. The van der Waals surface area contributed by atoms with Crippen LogP contribution in [-0.4, -0.2) is 44.7 Å². The van der Waals surface area contributed by atoms with Gasteiger partial charge >= 0.3 is 0 Å². The summed E-state index contributed by atoms with van der Waals surface area (Å²) in [7, 11) is 3.53. The Labute approximate surface area is 167 Å². The second-order valence-electron chi connectivity index (χ2n) is 6.45. The van der Waals surface area contributed by atoms with Crippen molar-refractivity contribution < 1.29 is 4.79 Å². The lowest BCUT2D eigenvalue weighted by atomic mass is 10.1. The van der Waals surface area contributed by atoms with Crippen LogP contribution in [0.3, 0.4) is 0 Å². The summed E-state index contributed by atoms with van der Waals surface area (Å²) in [5.41, 5.74) is 2.58. The molecule has 0 aliphatic carbocycles. The van der Waals surface area contributed by atoms with E-state index in [4.69, 9.17) is 0 Å². The molecule has 6 nitrogen and oxygen atoms in total. The molecule has 7 heteroatoms. The Morgan fingerprint density at radius 3 is 2.36 bits per heavy atom. The van der Waals surface area contributed by atoms with E-state index >= 15 is 0 Å². The average molecular weight is 389 g/mol. The van der Waals surface area contributed by atoms with Gasteiger partial charge in [0.15, 0.2) is 5.65 Å². The van der Waals surface area contributed by atoms with Crippen LogP contribution in [0, 0.1) is 0 Å². The average Bonchev–Trinajstić information content (AvgIpc) is 3.17. The molecule has 0 saturated heterocycles. The molecule has 2 heterocycles. The van der Waals surface area contributed by atoms with Crippen molar-refractivity contribution in [3.63, 3.8) is 0 Å². The van der Waals surface area contributed by atoms with Crippen LogP contribution in [0.4, 0.5) is 0 Å². The molecule has 0 fully saturated rings. The largest absolute Gasteiger partial charge is 0.348 e. The normalized spacial score (nSPS) is 12.1. The van der Waals surface area contributed by atoms with Crippen molar-refractivity contribution in [3.05, 3.63) is 78.8 Å². The molecule has 2 aromatic heterocycles. The number of likely N-dealkylation sites (N-methyl/N-ethyl adjacent to an activating group) is 1. The van der Waals surface area contributed by atoms with E-state index in [2.05, 4.69) is 15.1 Å². The summed E-state index contributed by atoms with van der Waals surface area (Å²) in [6, 6.07) is 19.6. The fourth-order valence-corrected chi connectivity index (χ4v) is 4.12. The quantitative estimate of drug-likeness (QED) is 0.384. The van der Waals surface area contributed by atoms with Gasteiger partial charge in [0.2, 0.25) is 5.91 Å². The van der Waals surface area contributed by atoms with Crippen molar-refractivity contribution >= 4 is 28.7 Å². The van der Waals surface area contributed by atoms with E-state index in [1.807, 2.05) is 60.7 Å². The number of nitrogens with zero attached hydrogens (tertiary/aromatic N) is 5. The molecule has 0 radical (unpaired) electrons. The van der Waals surface area contributed by atoms with Crippen molar-refractivity contribution in [3.8, 4) is 5.69 Å². The minimum absolute atomic E-state index is 0.0124. The van der Waals surface area contributed by atoms with Crippen LogP contribution in [-0.2, 0) is 4.79 Å². The van der Waals surface area contributed by atoms with Gasteiger partial charge in [-0.25, -0.2) is 14.6 Å². The molecule has 1 atom stereocenters. The number of amides is 1. The van der Waals surface area contributed by atoms with Crippen LogP contribution in [0.5, 0.6) is 0 Å². The van der Waals surface area contributed by atoms with E-state index in [0.29, 0.717) is 5.65 Å². The number of hydrogen-bond acceptors (Lipinski definition) is 5. The first kappa shape index (κ1) is 18.2. The predicted molar refractivity (Wildman–Crippen MR) is 110 cm³/mol. The lowest BCUT2D eigenvalue weighted by Crippen LogP contribution is -2.26. The molecular formula is C21H19N5OS. The zero-order valence-electron chi connectivity index (χ0n) is 15.6. The Bertz CT molecular complexity index is 1100. The smallest absolute Gasteiger partial charge is 0.240 e. The first-order valence-electron chi connectivity index (χ1n) is 8.82. The number of aromatic nitrogens is 4. The minimum Gasteiger partial charge on any atom is -0.348 e. The van der Waals surface area contributed by atoms with E-state index in [0.717, 1.165) is 21.7 Å². The highest BCUT2D eigenvalue weighted by molar-refractivity contribution is 8.00. The number of fused-ring (bicyclic) bond motifs is 1. The molecule has 0 bridgehead atoms. The molecule has 0 aliphatic rings. The van der Waals surface area contributed by atoms with Gasteiger partial charge in [-0.1, -0.05) is 60.3 Å². The van der Waals surface area contributed by atoms with Gasteiger partial charge in [0.25, 0.3) is 0 Å². The van der Waals surface area contributed by atoms with E-state index < -0.39 is 5.25 Å². The number of carbonyl (C=O) groups excluding carboxylic acids is 1. The second kappa shape index (κ2) is 7.82. The molecule has 0 saturated carbocycles. The molecule has 2 aromatic carbocycles. The van der Waals surface area contributed by atoms with Crippen molar-refractivity contribution in [2.75, 3.05) is 14.1 Å². The molecule has 28 heavy (non-hydrogen) atoms. The highest BCUT2D eigenvalue weighted by Gasteiger charge is 2.25. The van der Waals surface area contributed by atoms with Gasteiger partial charge in [-0.15, -0.1) is 0 Å². The lowest BCUT2D eigenvalue weighted by molar-refractivity contribution is -0.128. The van der Waals surface area contributed by atoms with Crippen LogP contribution < -0.4 is 0 Å².